The second-order valence-electron chi connectivity index (χ2n) is 4.57. The largest absolute Gasteiger partial charge is 0.468 e. The number of benzene rings is 1. The number of rotatable bonds is 6. The maximum absolute atomic E-state index is 12.8. The molecule has 0 N–H and O–H groups in total. The van der Waals surface area contributed by atoms with Crippen LogP contribution in [-0.2, 0) is 11.3 Å². The van der Waals surface area contributed by atoms with Gasteiger partial charge in [-0.2, -0.15) is 0 Å². The van der Waals surface area contributed by atoms with E-state index in [1.54, 1.807) is 30.3 Å². The van der Waals surface area contributed by atoms with E-state index in [1.165, 1.54) is 7.11 Å². The van der Waals surface area contributed by atoms with Gasteiger partial charge in [-0.15, -0.1) is 0 Å². The Morgan fingerprint density at radius 2 is 1.91 bits per heavy atom. The van der Waals surface area contributed by atoms with Crippen LogP contribution in [0.4, 0.5) is 8.78 Å². The number of nitrogens with zero attached hydrogens (tertiary/aromatic N) is 1. The highest BCUT2D eigenvalue weighted by molar-refractivity contribution is 9.10. The average molecular weight is 453 g/mol. The van der Waals surface area contributed by atoms with Crippen molar-refractivity contribution in [3.05, 3.63) is 49.6 Å². The van der Waals surface area contributed by atoms with Gasteiger partial charge in [-0.05, 0) is 62.2 Å². The summed E-state index contributed by atoms with van der Waals surface area (Å²) in [6, 6.07) is 8.22. The van der Waals surface area contributed by atoms with Gasteiger partial charge >= 0.3 is 0 Å². The highest BCUT2D eigenvalue weighted by atomic mass is 79.9. The molecule has 2 aromatic rings. The lowest BCUT2D eigenvalue weighted by atomic mass is 10.1. The molecule has 0 unspecified atom stereocenters. The predicted octanol–water partition coefficient (Wildman–Crippen LogP) is 4.29. The first-order valence-electron chi connectivity index (χ1n) is 6.53. The second kappa shape index (κ2) is 8.03. The molecule has 8 heteroatoms. The van der Waals surface area contributed by atoms with E-state index in [0.29, 0.717) is 21.5 Å². The van der Waals surface area contributed by atoms with Gasteiger partial charge in [0, 0.05) is 17.1 Å². The van der Waals surface area contributed by atoms with Crippen LogP contribution in [0, 0.1) is 0 Å². The Labute approximate surface area is 148 Å². The van der Waals surface area contributed by atoms with E-state index in [2.05, 4.69) is 31.9 Å². The molecule has 1 aromatic carbocycles. The van der Waals surface area contributed by atoms with Gasteiger partial charge in [0.05, 0.1) is 16.7 Å². The third kappa shape index (κ3) is 4.39. The molecule has 0 aliphatic rings. The zero-order valence-corrected chi connectivity index (χ0v) is 15.2. The van der Waals surface area contributed by atoms with Crippen molar-refractivity contribution < 1.29 is 18.3 Å². The molecule has 0 spiro atoms. The predicted molar refractivity (Wildman–Crippen MR) is 90.0 cm³/mol. The van der Waals surface area contributed by atoms with Crippen LogP contribution >= 0.6 is 31.9 Å². The quantitative estimate of drug-likeness (QED) is 0.614. The van der Waals surface area contributed by atoms with Crippen LogP contribution in [0.2, 0.25) is 0 Å². The van der Waals surface area contributed by atoms with Crippen LogP contribution in [0.1, 0.15) is 0 Å². The molecule has 0 radical (unpaired) electrons. The summed E-state index contributed by atoms with van der Waals surface area (Å²) in [6.45, 7) is -0.581. The molecule has 4 nitrogen and oxygen atoms in total. The standard InChI is InChI=1S/C15H13Br2F2NO3/c1-22-8-23-9-2-3-10(12(17)6-9)13-5-4-11(16)15(21)20(13)7-14(18)19/h2-6,14H,7-8H2,1H3. The normalized spacial score (nSPS) is 11.0. The molecule has 0 atom stereocenters. The summed E-state index contributed by atoms with van der Waals surface area (Å²) in [5.41, 5.74) is 0.498. The lowest BCUT2D eigenvalue weighted by Gasteiger charge is -2.15. The molecule has 23 heavy (non-hydrogen) atoms. The van der Waals surface area contributed by atoms with E-state index in [4.69, 9.17) is 9.47 Å². The van der Waals surface area contributed by atoms with Gasteiger partial charge in [0.2, 0.25) is 0 Å². The topological polar surface area (TPSA) is 40.5 Å². The van der Waals surface area contributed by atoms with Crippen molar-refractivity contribution in [3.63, 3.8) is 0 Å². The molecule has 124 valence electrons. The monoisotopic (exact) mass is 451 g/mol. The molecule has 0 aliphatic heterocycles. The molecule has 0 saturated carbocycles. The summed E-state index contributed by atoms with van der Waals surface area (Å²) in [5, 5.41) is 0. The number of hydrogen-bond donors (Lipinski definition) is 0. The zero-order valence-electron chi connectivity index (χ0n) is 12.1. The van der Waals surface area contributed by atoms with E-state index in [9.17, 15) is 13.6 Å². The van der Waals surface area contributed by atoms with Crippen LogP contribution in [0.15, 0.2) is 44.1 Å². The smallest absolute Gasteiger partial charge is 0.265 e. The number of hydrogen-bond acceptors (Lipinski definition) is 3. The minimum atomic E-state index is -2.64. The molecule has 0 aliphatic carbocycles. The lowest BCUT2D eigenvalue weighted by molar-refractivity contribution is 0.0511. The number of methoxy groups -OCH3 is 1. The molecule has 2 rings (SSSR count). The van der Waals surface area contributed by atoms with Crippen LogP contribution in [0.3, 0.4) is 0 Å². The summed E-state index contributed by atoms with van der Waals surface area (Å²) in [5.74, 6) is 0.558. The van der Waals surface area contributed by atoms with Gasteiger partial charge in [0.15, 0.2) is 6.79 Å². The van der Waals surface area contributed by atoms with E-state index in [0.717, 1.165) is 4.57 Å². The van der Waals surface area contributed by atoms with Gasteiger partial charge in [-0.3, -0.25) is 4.79 Å². The maximum Gasteiger partial charge on any atom is 0.265 e. The van der Waals surface area contributed by atoms with Crippen molar-refractivity contribution in [1.29, 1.82) is 0 Å². The minimum Gasteiger partial charge on any atom is -0.468 e. The third-order valence-electron chi connectivity index (χ3n) is 3.01. The number of aromatic nitrogens is 1. The minimum absolute atomic E-state index is 0.0974. The van der Waals surface area contributed by atoms with Gasteiger partial charge in [-0.25, -0.2) is 8.78 Å². The Balaban J connectivity index is 2.49. The summed E-state index contributed by atoms with van der Waals surface area (Å²) in [7, 11) is 1.51. The van der Waals surface area contributed by atoms with Crippen LogP contribution < -0.4 is 10.3 Å². The van der Waals surface area contributed by atoms with Crippen LogP contribution in [0.25, 0.3) is 11.3 Å². The summed E-state index contributed by atoms with van der Waals surface area (Å²) >= 11 is 6.46. The van der Waals surface area contributed by atoms with Gasteiger partial charge in [0.25, 0.3) is 12.0 Å². The van der Waals surface area contributed by atoms with E-state index < -0.39 is 18.5 Å². The van der Waals surface area contributed by atoms with Crippen molar-refractivity contribution in [2.24, 2.45) is 0 Å². The Hall–Kier alpha value is -1.25. The lowest BCUT2D eigenvalue weighted by Crippen LogP contribution is -2.25. The Morgan fingerprint density at radius 1 is 1.17 bits per heavy atom. The van der Waals surface area contributed by atoms with Crippen molar-refractivity contribution >= 4 is 31.9 Å². The van der Waals surface area contributed by atoms with Gasteiger partial charge in [0.1, 0.15) is 5.75 Å². The highest BCUT2D eigenvalue weighted by Crippen LogP contribution is 2.31. The van der Waals surface area contributed by atoms with Crippen LogP contribution in [-0.4, -0.2) is 24.9 Å². The van der Waals surface area contributed by atoms with Crippen molar-refractivity contribution in [1.82, 2.24) is 4.57 Å². The zero-order chi connectivity index (χ0) is 17.0. The molecule has 1 heterocycles. The molecule has 0 amide bonds. The fraction of sp³-hybridized carbons (Fsp3) is 0.267. The Bertz CT molecular complexity index is 750. The fourth-order valence-corrected chi connectivity index (χ4v) is 2.93. The number of ether oxygens (including phenoxy) is 2. The van der Waals surface area contributed by atoms with Crippen molar-refractivity contribution in [2.45, 2.75) is 13.0 Å². The first-order chi connectivity index (χ1) is 10.9. The van der Waals surface area contributed by atoms with Gasteiger partial charge in [-0.1, -0.05) is 0 Å². The fourth-order valence-electron chi connectivity index (χ4n) is 2.03. The van der Waals surface area contributed by atoms with Crippen molar-refractivity contribution in [3.8, 4) is 17.0 Å². The first kappa shape index (κ1) is 18.1. The van der Waals surface area contributed by atoms with E-state index in [-0.39, 0.29) is 11.3 Å². The number of halogens is 4. The Morgan fingerprint density at radius 3 is 2.52 bits per heavy atom. The molecule has 0 saturated heterocycles. The number of pyridine rings is 1. The Kier molecular flexibility index (Phi) is 6.32. The summed E-state index contributed by atoms with van der Waals surface area (Å²) < 4.78 is 37.7. The number of alkyl halides is 2. The van der Waals surface area contributed by atoms with Gasteiger partial charge < -0.3 is 14.0 Å². The van der Waals surface area contributed by atoms with E-state index >= 15 is 0 Å². The highest BCUT2D eigenvalue weighted by Gasteiger charge is 2.15. The SMILES string of the molecule is COCOc1ccc(-c2ccc(Br)c(=O)n2CC(F)F)c(Br)c1. The molecule has 0 fully saturated rings. The molecule has 1 aromatic heterocycles. The van der Waals surface area contributed by atoms with E-state index in [1.807, 2.05) is 0 Å². The average Bonchev–Trinajstić information content (AvgIpc) is 2.50. The summed E-state index contributed by atoms with van der Waals surface area (Å²) in [6.07, 6.45) is -2.64. The van der Waals surface area contributed by atoms with Crippen molar-refractivity contribution in [2.75, 3.05) is 13.9 Å². The molecule has 0 bridgehead atoms. The second-order valence-corrected chi connectivity index (χ2v) is 6.27. The molecular formula is C15H13Br2F2NO3. The van der Waals surface area contributed by atoms with Crippen LogP contribution in [0.5, 0.6) is 5.75 Å². The maximum atomic E-state index is 12.8. The molecular weight excluding hydrogens is 440 g/mol. The third-order valence-corrected chi connectivity index (χ3v) is 4.27. The summed E-state index contributed by atoms with van der Waals surface area (Å²) in [4.78, 5) is 12.1. The first-order valence-corrected chi connectivity index (χ1v) is 8.11.